The van der Waals surface area contributed by atoms with Gasteiger partial charge in [-0.1, -0.05) is 102 Å². The van der Waals surface area contributed by atoms with E-state index >= 15 is 0 Å². The second kappa shape index (κ2) is 7.59. The SMILES string of the molecule is C=CCOc1c(C(C)(C)C2=CC([Si](C)(C)C)C=C2)cc(C)cc1[Si](C)(C)C. The Labute approximate surface area is 169 Å². The quantitative estimate of drug-likeness (QED) is 0.372. The molecule has 148 valence electrons. The highest BCUT2D eigenvalue weighted by molar-refractivity contribution is 6.89. The van der Waals surface area contributed by atoms with Gasteiger partial charge in [0.1, 0.15) is 12.4 Å². The first-order valence-electron chi connectivity index (χ1n) is 10.1. The molecule has 1 nitrogen and oxygen atoms in total. The Bertz CT molecular complexity index is 771. The van der Waals surface area contributed by atoms with Crippen LogP contribution in [-0.2, 0) is 5.41 Å². The molecule has 1 aromatic rings. The molecule has 2 rings (SSSR count). The highest BCUT2D eigenvalue weighted by Gasteiger charge is 2.35. The lowest BCUT2D eigenvalue weighted by Gasteiger charge is -2.33. The highest BCUT2D eigenvalue weighted by atomic mass is 28.3. The molecule has 0 aromatic heterocycles. The van der Waals surface area contributed by atoms with Crippen molar-refractivity contribution in [2.75, 3.05) is 6.61 Å². The lowest BCUT2D eigenvalue weighted by atomic mass is 9.77. The van der Waals surface area contributed by atoms with E-state index < -0.39 is 16.1 Å². The minimum absolute atomic E-state index is 0.0815. The Morgan fingerprint density at radius 3 is 2.22 bits per heavy atom. The Kier molecular flexibility index (Phi) is 6.18. The molecule has 0 aliphatic heterocycles. The van der Waals surface area contributed by atoms with Crippen molar-refractivity contribution in [3.05, 3.63) is 59.7 Å². The predicted molar refractivity (Wildman–Crippen MR) is 127 cm³/mol. The van der Waals surface area contributed by atoms with Gasteiger partial charge in [-0.15, -0.1) is 0 Å². The largest absolute Gasteiger partial charge is 0.489 e. The smallest absolute Gasteiger partial charge is 0.123 e. The molecule has 1 unspecified atom stereocenters. The number of hydrogen-bond acceptors (Lipinski definition) is 1. The molecule has 0 N–H and O–H groups in total. The van der Waals surface area contributed by atoms with Crippen LogP contribution in [-0.4, -0.2) is 22.8 Å². The fourth-order valence-corrected chi connectivity index (χ4v) is 6.62. The summed E-state index contributed by atoms with van der Waals surface area (Å²) in [6.45, 7) is 25.9. The molecule has 0 amide bonds. The zero-order chi connectivity index (χ0) is 20.6. The van der Waals surface area contributed by atoms with E-state index in [4.69, 9.17) is 4.74 Å². The van der Waals surface area contributed by atoms with Gasteiger partial charge in [0.05, 0.1) is 16.1 Å². The van der Waals surface area contributed by atoms with Crippen molar-refractivity contribution >= 4 is 21.3 Å². The van der Waals surface area contributed by atoms with Crippen molar-refractivity contribution in [1.29, 1.82) is 0 Å². The minimum atomic E-state index is -1.54. The second-order valence-electron chi connectivity index (χ2n) is 10.5. The molecule has 0 fully saturated rings. The molecule has 1 aliphatic carbocycles. The molecule has 0 saturated carbocycles. The second-order valence-corrected chi connectivity index (χ2v) is 21.0. The Morgan fingerprint density at radius 2 is 1.74 bits per heavy atom. The van der Waals surface area contributed by atoms with Crippen molar-refractivity contribution in [3.63, 3.8) is 0 Å². The summed E-state index contributed by atoms with van der Waals surface area (Å²) in [6, 6.07) is 4.67. The summed E-state index contributed by atoms with van der Waals surface area (Å²) in [6.07, 6.45) is 9.14. The van der Waals surface area contributed by atoms with Crippen molar-refractivity contribution in [2.24, 2.45) is 0 Å². The van der Waals surface area contributed by atoms with E-state index in [1.54, 1.807) is 0 Å². The molecular formula is C24H38OSi2. The molecule has 0 heterocycles. The maximum Gasteiger partial charge on any atom is 0.123 e. The molecular weight excluding hydrogens is 360 g/mol. The van der Waals surface area contributed by atoms with Gasteiger partial charge in [-0.25, -0.2) is 0 Å². The normalized spacial score (nSPS) is 17.8. The maximum absolute atomic E-state index is 6.31. The number of aryl methyl sites for hydroxylation is 1. The summed E-state index contributed by atoms with van der Waals surface area (Å²) in [5.41, 5.74) is 4.60. The number of hydrogen-bond donors (Lipinski definition) is 0. The molecule has 1 aromatic carbocycles. The molecule has 0 saturated heterocycles. The molecule has 0 bridgehead atoms. The summed E-state index contributed by atoms with van der Waals surface area (Å²) < 4.78 is 6.31. The Balaban J connectivity index is 2.64. The van der Waals surface area contributed by atoms with Gasteiger partial charge in [0.25, 0.3) is 0 Å². The minimum Gasteiger partial charge on any atom is -0.489 e. The molecule has 1 atom stereocenters. The van der Waals surface area contributed by atoms with Crippen LogP contribution in [0.5, 0.6) is 5.75 Å². The zero-order valence-corrected chi connectivity index (χ0v) is 20.9. The molecule has 0 radical (unpaired) electrons. The lowest BCUT2D eigenvalue weighted by molar-refractivity contribution is 0.356. The molecule has 0 spiro atoms. The number of rotatable bonds is 7. The third kappa shape index (κ3) is 4.75. The predicted octanol–water partition coefficient (Wildman–Crippen LogP) is 6.59. The van der Waals surface area contributed by atoms with Crippen LogP contribution < -0.4 is 9.92 Å². The zero-order valence-electron chi connectivity index (χ0n) is 18.9. The first kappa shape index (κ1) is 22.0. The molecule has 3 heteroatoms. The van der Waals surface area contributed by atoms with E-state index in [1.807, 2.05) is 6.08 Å². The summed E-state index contributed by atoms with van der Waals surface area (Å²) in [5, 5.41) is 1.41. The fraction of sp³-hybridized carbons (Fsp3) is 0.500. The average molecular weight is 399 g/mol. The molecule has 1 aliphatic rings. The van der Waals surface area contributed by atoms with Crippen LogP contribution in [0.1, 0.15) is 25.0 Å². The van der Waals surface area contributed by atoms with Gasteiger partial charge < -0.3 is 4.74 Å². The van der Waals surface area contributed by atoms with Crippen molar-refractivity contribution < 1.29 is 4.74 Å². The van der Waals surface area contributed by atoms with E-state index in [1.165, 1.54) is 21.9 Å². The molecule has 27 heavy (non-hydrogen) atoms. The van der Waals surface area contributed by atoms with Gasteiger partial charge in [0.15, 0.2) is 0 Å². The van der Waals surface area contributed by atoms with Crippen LogP contribution in [0.2, 0.25) is 44.8 Å². The van der Waals surface area contributed by atoms with Crippen molar-refractivity contribution in [3.8, 4) is 5.75 Å². The maximum atomic E-state index is 6.31. The summed E-state index contributed by atoms with van der Waals surface area (Å²) in [4.78, 5) is 0. The summed E-state index contributed by atoms with van der Waals surface area (Å²) in [7, 11) is -2.78. The summed E-state index contributed by atoms with van der Waals surface area (Å²) in [5.74, 6) is 1.09. The Hall–Kier alpha value is -1.33. The van der Waals surface area contributed by atoms with E-state index in [0.717, 1.165) is 5.75 Å². The van der Waals surface area contributed by atoms with Crippen LogP contribution in [0, 0.1) is 6.92 Å². The fourth-order valence-electron chi connectivity index (χ4n) is 3.72. The van der Waals surface area contributed by atoms with Crippen LogP contribution in [0.15, 0.2) is 48.6 Å². The van der Waals surface area contributed by atoms with Crippen LogP contribution in [0.4, 0.5) is 0 Å². The van der Waals surface area contributed by atoms with Crippen LogP contribution >= 0.6 is 0 Å². The Morgan fingerprint density at radius 1 is 1.11 bits per heavy atom. The lowest BCUT2D eigenvalue weighted by Crippen LogP contribution is -2.40. The number of allylic oxidation sites excluding steroid dienone is 4. The summed E-state index contributed by atoms with van der Waals surface area (Å²) >= 11 is 0. The average Bonchev–Trinajstić information content (AvgIpc) is 3.03. The van der Waals surface area contributed by atoms with Crippen LogP contribution in [0.25, 0.3) is 0 Å². The van der Waals surface area contributed by atoms with Gasteiger partial charge in [-0.3, -0.25) is 0 Å². The number of ether oxygens (including phenoxy) is 1. The monoisotopic (exact) mass is 398 g/mol. The first-order chi connectivity index (χ1) is 12.3. The van der Waals surface area contributed by atoms with Gasteiger partial charge >= 0.3 is 0 Å². The van der Waals surface area contributed by atoms with E-state index in [-0.39, 0.29) is 5.41 Å². The van der Waals surface area contributed by atoms with Crippen LogP contribution in [0.3, 0.4) is 0 Å². The van der Waals surface area contributed by atoms with E-state index in [2.05, 4.69) is 97.0 Å². The number of benzene rings is 1. The topological polar surface area (TPSA) is 9.23 Å². The third-order valence-electron chi connectivity index (χ3n) is 5.62. The van der Waals surface area contributed by atoms with Crippen molar-refractivity contribution in [1.82, 2.24) is 0 Å². The standard InChI is InChI=1S/C24H38OSi2/c1-11-14-25-23-21(15-18(2)16-22(23)27(8,9)10)24(3,4)19-12-13-20(17-19)26(5,6)7/h11-13,15-17,20H,1,14H2,2-10H3. The highest BCUT2D eigenvalue weighted by Crippen LogP contribution is 2.43. The van der Waals surface area contributed by atoms with Gasteiger partial charge in [-0.2, -0.15) is 0 Å². The van der Waals surface area contributed by atoms with E-state index in [9.17, 15) is 0 Å². The third-order valence-corrected chi connectivity index (χ3v) is 9.97. The van der Waals surface area contributed by atoms with Gasteiger partial charge in [-0.05, 0) is 23.2 Å². The first-order valence-corrected chi connectivity index (χ1v) is 17.2. The van der Waals surface area contributed by atoms with Gasteiger partial charge in [0, 0.05) is 11.0 Å². The van der Waals surface area contributed by atoms with E-state index in [0.29, 0.717) is 12.1 Å². The van der Waals surface area contributed by atoms with Crippen molar-refractivity contribution in [2.45, 2.75) is 71.0 Å². The van der Waals surface area contributed by atoms with Gasteiger partial charge in [0.2, 0.25) is 0 Å².